The summed E-state index contributed by atoms with van der Waals surface area (Å²) in [5, 5.41) is 11.4. The van der Waals surface area contributed by atoms with Crippen molar-refractivity contribution in [2.75, 3.05) is 22.9 Å². The van der Waals surface area contributed by atoms with Gasteiger partial charge in [-0.1, -0.05) is 24.3 Å². The number of rotatable bonds is 6. The van der Waals surface area contributed by atoms with Crippen LogP contribution in [0.4, 0.5) is 11.4 Å². The Morgan fingerprint density at radius 2 is 1.64 bits per heavy atom. The van der Waals surface area contributed by atoms with Crippen LogP contribution in [-0.4, -0.2) is 27.6 Å². The van der Waals surface area contributed by atoms with Gasteiger partial charge in [0.15, 0.2) is 0 Å². The second kappa shape index (κ2) is 7.81. The molecule has 0 aromatic heterocycles. The van der Waals surface area contributed by atoms with Crippen LogP contribution in [0.3, 0.4) is 0 Å². The fourth-order valence-electron chi connectivity index (χ4n) is 2.20. The number of amides is 1. The van der Waals surface area contributed by atoms with Gasteiger partial charge in [0.05, 0.1) is 30.9 Å². The van der Waals surface area contributed by atoms with Gasteiger partial charge in [-0.2, -0.15) is 5.26 Å². The van der Waals surface area contributed by atoms with Crippen molar-refractivity contribution in [3.8, 4) is 6.07 Å². The Kier molecular flexibility index (Phi) is 5.78. The van der Waals surface area contributed by atoms with E-state index in [1.54, 1.807) is 48.5 Å². The number of nitrogens with zero attached hydrogens (tertiary/aromatic N) is 2. The van der Waals surface area contributed by atoms with Crippen LogP contribution in [0, 0.1) is 11.3 Å². The number of hydrogen-bond acceptors (Lipinski definition) is 4. The first kappa shape index (κ1) is 18.5. The Labute approximate surface area is 147 Å². The Bertz CT molecular complexity index is 883. The summed E-state index contributed by atoms with van der Waals surface area (Å²) in [5.41, 5.74) is 2.88. The molecule has 25 heavy (non-hydrogen) atoms. The highest BCUT2D eigenvalue weighted by Gasteiger charge is 2.12. The molecule has 0 heterocycles. The molecule has 0 aliphatic rings. The molecular weight excluding hydrogens is 338 g/mol. The van der Waals surface area contributed by atoms with Crippen LogP contribution in [0.25, 0.3) is 0 Å². The van der Waals surface area contributed by atoms with E-state index in [-0.39, 0.29) is 12.3 Å². The van der Waals surface area contributed by atoms with Gasteiger partial charge in [0, 0.05) is 12.7 Å². The van der Waals surface area contributed by atoms with Gasteiger partial charge in [0.2, 0.25) is 15.9 Å². The van der Waals surface area contributed by atoms with Crippen LogP contribution >= 0.6 is 0 Å². The second-order valence-electron chi connectivity index (χ2n) is 5.65. The van der Waals surface area contributed by atoms with E-state index >= 15 is 0 Å². The third-order valence-electron chi connectivity index (χ3n) is 3.68. The smallest absolute Gasteiger partial charge is 0.231 e. The summed E-state index contributed by atoms with van der Waals surface area (Å²) in [5.74, 6) is -0.169. The lowest BCUT2D eigenvalue weighted by atomic mass is 10.1. The van der Waals surface area contributed by atoms with E-state index in [0.717, 1.165) is 17.4 Å². The average Bonchev–Trinajstić information content (AvgIpc) is 2.56. The van der Waals surface area contributed by atoms with E-state index in [4.69, 9.17) is 5.26 Å². The van der Waals surface area contributed by atoms with E-state index < -0.39 is 10.0 Å². The minimum atomic E-state index is -3.31. The number of hydrogen-bond donors (Lipinski definition) is 1. The summed E-state index contributed by atoms with van der Waals surface area (Å²) in [6, 6.07) is 16.0. The van der Waals surface area contributed by atoms with E-state index in [1.165, 1.54) is 11.4 Å². The van der Waals surface area contributed by atoms with Crippen LogP contribution in [-0.2, 0) is 27.7 Å². The van der Waals surface area contributed by atoms with Gasteiger partial charge >= 0.3 is 0 Å². The molecule has 0 saturated heterocycles. The summed E-state index contributed by atoms with van der Waals surface area (Å²) in [6.07, 6.45) is 1.65. The van der Waals surface area contributed by atoms with Crippen molar-refractivity contribution < 1.29 is 13.2 Å². The largest absolute Gasteiger partial charge is 0.326 e. The number of nitriles is 1. The van der Waals surface area contributed by atoms with Crippen molar-refractivity contribution in [1.29, 1.82) is 5.26 Å². The first-order valence-electron chi connectivity index (χ1n) is 7.58. The van der Waals surface area contributed by atoms with E-state index in [9.17, 15) is 13.2 Å². The molecule has 7 heteroatoms. The van der Waals surface area contributed by atoms with Gasteiger partial charge in [-0.3, -0.25) is 9.10 Å². The third kappa shape index (κ3) is 5.33. The molecule has 0 unspecified atom stereocenters. The van der Waals surface area contributed by atoms with E-state index in [1.807, 2.05) is 0 Å². The van der Waals surface area contributed by atoms with Crippen molar-refractivity contribution in [3.05, 3.63) is 59.7 Å². The lowest BCUT2D eigenvalue weighted by Gasteiger charge is -2.16. The van der Waals surface area contributed by atoms with Crippen LogP contribution < -0.4 is 9.62 Å². The Morgan fingerprint density at radius 1 is 1.08 bits per heavy atom. The normalized spacial score (nSPS) is 10.8. The molecule has 0 aliphatic carbocycles. The molecule has 0 saturated carbocycles. The fourth-order valence-corrected chi connectivity index (χ4v) is 2.71. The highest BCUT2D eigenvalue weighted by Crippen LogP contribution is 2.17. The van der Waals surface area contributed by atoms with Crippen molar-refractivity contribution in [2.45, 2.75) is 12.8 Å². The molecule has 0 radical (unpaired) electrons. The monoisotopic (exact) mass is 357 g/mol. The predicted molar refractivity (Wildman–Crippen MR) is 97.8 cm³/mol. The summed E-state index contributed by atoms with van der Waals surface area (Å²) < 4.78 is 24.2. The summed E-state index contributed by atoms with van der Waals surface area (Å²) in [7, 11) is -1.83. The minimum absolute atomic E-state index is 0.169. The molecule has 0 bridgehead atoms. The molecule has 6 nitrogen and oxygen atoms in total. The van der Waals surface area contributed by atoms with Gasteiger partial charge in [0.25, 0.3) is 0 Å². The highest BCUT2D eigenvalue weighted by atomic mass is 32.2. The van der Waals surface area contributed by atoms with Gasteiger partial charge in [-0.05, 0) is 35.4 Å². The Hall–Kier alpha value is -2.85. The molecule has 0 aliphatic heterocycles. The topological polar surface area (TPSA) is 90.3 Å². The molecule has 0 spiro atoms. The van der Waals surface area contributed by atoms with Crippen molar-refractivity contribution in [2.24, 2.45) is 0 Å². The number of carbonyl (C=O) groups is 1. The van der Waals surface area contributed by atoms with Crippen LogP contribution in [0.5, 0.6) is 0 Å². The predicted octanol–water partition coefficient (Wildman–Crippen LogP) is 2.33. The zero-order chi connectivity index (χ0) is 18.4. The van der Waals surface area contributed by atoms with Crippen molar-refractivity contribution >= 4 is 27.3 Å². The first-order valence-corrected chi connectivity index (χ1v) is 9.43. The number of sulfonamides is 1. The highest BCUT2D eigenvalue weighted by molar-refractivity contribution is 7.92. The van der Waals surface area contributed by atoms with Gasteiger partial charge < -0.3 is 5.32 Å². The quantitative estimate of drug-likeness (QED) is 0.859. The fraction of sp³-hybridized carbons (Fsp3) is 0.222. The zero-order valence-corrected chi connectivity index (χ0v) is 14.9. The maximum Gasteiger partial charge on any atom is 0.231 e. The van der Waals surface area contributed by atoms with Gasteiger partial charge in [-0.25, -0.2) is 8.42 Å². The second-order valence-corrected chi connectivity index (χ2v) is 7.67. The summed E-state index contributed by atoms with van der Waals surface area (Å²) >= 11 is 0. The maximum atomic E-state index is 12.1. The average molecular weight is 357 g/mol. The molecular formula is C18H19N3O3S. The molecule has 2 aromatic rings. The number of anilines is 2. The molecule has 2 rings (SSSR count). The molecule has 0 fully saturated rings. The Morgan fingerprint density at radius 3 is 2.16 bits per heavy atom. The zero-order valence-electron chi connectivity index (χ0n) is 14.1. The molecule has 2 aromatic carbocycles. The summed E-state index contributed by atoms with van der Waals surface area (Å²) in [4.78, 5) is 12.1. The maximum absolute atomic E-state index is 12.1. The summed E-state index contributed by atoms with van der Waals surface area (Å²) in [6.45, 7) is 0. The third-order valence-corrected chi connectivity index (χ3v) is 4.89. The number of benzene rings is 2. The minimum Gasteiger partial charge on any atom is -0.326 e. The first-order chi connectivity index (χ1) is 11.8. The number of carbonyl (C=O) groups excluding carboxylic acids is 1. The van der Waals surface area contributed by atoms with Crippen molar-refractivity contribution in [3.63, 3.8) is 0 Å². The molecule has 1 N–H and O–H groups in total. The van der Waals surface area contributed by atoms with Crippen LogP contribution in [0.15, 0.2) is 48.5 Å². The van der Waals surface area contributed by atoms with Gasteiger partial charge in [0.1, 0.15) is 0 Å². The van der Waals surface area contributed by atoms with E-state index in [2.05, 4.69) is 11.4 Å². The van der Waals surface area contributed by atoms with Crippen LogP contribution in [0.2, 0.25) is 0 Å². The van der Waals surface area contributed by atoms with Crippen molar-refractivity contribution in [1.82, 2.24) is 0 Å². The lowest BCUT2D eigenvalue weighted by molar-refractivity contribution is -0.115. The number of nitrogens with one attached hydrogen (secondary N) is 1. The lowest BCUT2D eigenvalue weighted by Crippen LogP contribution is -2.24. The van der Waals surface area contributed by atoms with Gasteiger partial charge in [-0.15, -0.1) is 0 Å². The molecule has 130 valence electrons. The standard InChI is InChI=1S/C18H19N3O3S/c1-21(25(2,23)24)17-9-5-15(6-10-17)13-18(22)20-16-7-3-14(4-8-16)11-12-19/h3-10H,11,13H2,1-2H3,(H,20,22). The molecule has 0 atom stereocenters. The molecule has 1 amide bonds. The SMILES string of the molecule is CN(c1ccc(CC(=O)Nc2ccc(CC#N)cc2)cc1)S(C)(=O)=O. The van der Waals surface area contributed by atoms with Crippen LogP contribution in [0.1, 0.15) is 11.1 Å². The Balaban J connectivity index is 1.97. The van der Waals surface area contributed by atoms with E-state index in [0.29, 0.717) is 17.8 Å².